The maximum atomic E-state index is 10.5. The average Bonchev–Trinajstić information content (AvgIpc) is 2.43. The van der Waals surface area contributed by atoms with E-state index >= 15 is 0 Å². The Morgan fingerprint density at radius 1 is 1.77 bits per heavy atom. The number of aromatic amines is 1. The van der Waals surface area contributed by atoms with Gasteiger partial charge in [0.05, 0.1) is 0 Å². The molecule has 1 aromatic rings. The van der Waals surface area contributed by atoms with Crippen LogP contribution < -0.4 is 0 Å². The van der Waals surface area contributed by atoms with E-state index in [0.29, 0.717) is 16.8 Å². The fourth-order valence-electron chi connectivity index (χ4n) is 0.909. The SMILES string of the molecule is Cc1nc(C=CCBr)c([N+](=O)[O-])[nH]1. The number of nitro groups is 1. The molecule has 1 rings (SSSR count). The second kappa shape index (κ2) is 4.18. The Morgan fingerprint density at radius 3 is 3.00 bits per heavy atom. The van der Waals surface area contributed by atoms with Crippen molar-refractivity contribution in [3.8, 4) is 0 Å². The molecule has 0 saturated heterocycles. The molecule has 6 heteroatoms. The summed E-state index contributed by atoms with van der Waals surface area (Å²) in [5.41, 5.74) is 0.363. The molecule has 13 heavy (non-hydrogen) atoms. The number of nitrogens with zero attached hydrogens (tertiary/aromatic N) is 2. The zero-order valence-electron chi connectivity index (χ0n) is 6.95. The average molecular weight is 246 g/mol. The first kappa shape index (κ1) is 9.91. The molecular formula is C7H8BrN3O2. The monoisotopic (exact) mass is 245 g/mol. The molecule has 0 aliphatic carbocycles. The fourth-order valence-corrected chi connectivity index (χ4v) is 1.10. The Balaban J connectivity index is 3.04. The van der Waals surface area contributed by atoms with Crippen molar-refractivity contribution in [3.63, 3.8) is 0 Å². The molecule has 0 aliphatic rings. The van der Waals surface area contributed by atoms with Crippen molar-refractivity contribution in [2.24, 2.45) is 0 Å². The van der Waals surface area contributed by atoms with Crippen LogP contribution in [-0.2, 0) is 0 Å². The van der Waals surface area contributed by atoms with Crippen molar-refractivity contribution in [3.05, 3.63) is 27.7 Å². The van der Waals surface area contributed by atoms with Crippen LogP contribution in [0.15, 0.2) is 6.08 Å². The molecule has 0 aromatic carbocycles. The van der Waals surface area contributed by atoms with Gasteiger partial charge in [-0.3, -0.25) is 0 Å². The van der Waals surface area contributed by atoms with Gasteiger partial charge in [0.15, 0.2) is 11.5 Å². The lowest BCUT2D eigenvalue weighted by molar-refractivity contribution is -0.389. The zero-order chi connectivity index (χ0) is 9.84. The minimum absolute atomic E-state index is 0.0605. The number of aryl methyl sites for hydroxylation is 1. The summed E-state index contributed by atoms with van der Waals surface area (Å²) < 4.78 is 0. The molecule has 0 fully saturated rings. The first-order valence-electron chi connectivity index (χ1n) is 3.58. The summed E-state index contributed by atoms with van der Waals surface area (Å²) >= 11 is 3.18. The van der Waals surface area contributed by atoms with Gasteiger partial charge in [0.2, 0.25) is 0 Å². The second-order valence-electron chi connectivity index (χ2n) is 2.37. The molecule has 0 unspecified atom stereocenters. The minimum atomic E-state index is -0.478. The number of halogens is 1. The number of allylic oxidation sites excluding steroid dienone is 1. The van der Waals surface area contributed by atoms with E-state index in [0.717, 1.165) is 0 Å². The molecule has 0 aliphatic heterocycles. The molecule has 0 bridgehead atoms. The molecule has 0 radical (unpaired) electrons. The molecule has 70 valence electrons. The van der Waals surface area contributed by atoms with E-state index in [-0.39, 0.29) is 5.82 Å². The largest absolute Gasteiger partial charge is 0.358 e. The lowest BCUT2D eigenvalue weighted by Crippen LogP contribution is -1.90. The van der Waals surface area contributed by atoms with Crippen LogP contribution in [0.2, 0.25) is 0 Å². The van der Waals surface area contributed by atoms with Crippen LogP contribution in [0.25, 0.3) is 6.08 Å². The number of hydrogen-bond acceptors (Lipinski definition) is 3. The van der Waals surface area contributed by atoms with Crippen LogP contribution in [0.5, 0.6) is 0 Å². The van der Waals surface area contributed by atoms with E-state index < -0.39 is 4.92 Å². The van der Waals surface area contributed by atoms with E-state index in [9.17, 15) is 10.1 Å². The van der Waals surface area contributed by atoms with Crippen LogP contribution in [0.3, 0.4) is 0 Å². The van der Waals surface area contributed by atoms with Gasteiger partial charge in [-0.15, -0.1) is 0 Å². The summed E-state index contributed by atoms with van der Waals surface area (Å²) in [5, 5.41) is 11.1. The van der Waals surface area contributed by atoms with Gasteiger partial charge in [0.25, 0.3) is 0 Å². The Labute approximate surface area is 83.2 Å². The van der Waals surface area contributed by atoms with Crippen molar-refractivity contribution in [1.29, 1.82) is 0 Å². The summed E-state index contributed by atoms with van der Waals surface area (Å²) in [6.07, 6.45) is 3.36. The van der Waals surface area contributed by atoms with Gasteiger partial charge in [0, 0.05) is 12.3 Å². The van der Waals surface area contributed by atoms with Gasteiger partial charge < -0.3 is 10.1 Å². The Morgan fingerprint density at radius 2 is 2.46 bits per heavy atom. The maximum absolute atomic E-state index is 10.5. The van der Waals surface area contributed by atoms with Crippen molar-refractivity contribution < 1.29 is 4.92 Å². The Hall–Kier alpha value is -1.17. The molecule has 0 amide bonds. The number of rotatable bonds is 3. The van der Waals surface area contributed by atoms with Crippen LogP contribution in [0, 0.1) is 17.0 Å². The second-order valence-corrected chi connectivity index (χ2v) is 3.02. The summed E-state index contributed by atoms with van der Waals surface area (Å²) in [4.78, 5) is 16.5. The van der Waals surface area contributed by atoms with E-state index in [4.69, 9.17) is 0 Å². The van der Waals surface area contributed by atoms with Crippen molar-refractivity contribution in [2.45, 2.75) is 6.92 Å². The highest BCUT2D eigenvalue weighted by atomic mass is 79.9. The number of imidazole rings is 1. The molecule has 0 saturated carbocycles. The highest BCUT2D eigenvalue weighted by molar-refractivity contribution is 9.09. The summed E-state index contributed by atoms with van der Waals surface area (Å²) in [6, 6.07) is 0. The van der Waals surface area contributed by atoms with Crippen molar-refractivity contribution in [1.82, 2.24) is 9.97 Å². The van der Waals surface area contributed by atoms with E-state index in [1.807, 2.05) is 0 Å². The highest BCUT2D eigenvalue weighted by Crippen LogP contribution is 2.16. The predicted octanol–water partition coefficient (Wildman–Crippen LogP) is 2.03. The molecule has 5 nitrogen and oxygen atoms in total. The first-order chi connectivity index (χ1) is 6.15. The van der Waals surface area contributed by atoms with Gasteiger partial charge in [0.1, 0.15) is 0 Å². The number of H-pyrrole nitrogens is 1. The quantitative estimate of drug-likeness (QED) is 0.503. The number of aromatic nitrogens is 2. The van der Waals surface area contributed by atoms with Crippen LogP contribution in [0.4, 0.5) is 5.82 Å². The predicted molar refractivity (Wildman–Crippen MR) is 52.8 cm³/mol. The summed E-state index contributed by atoms with van der Waals surface area (Å²) in [5.74, 6) is 0.482. The Bertz CT molecular complexity index is 346. The molecule has 1 N–H and O–H groups in total. The lowest BCUT2D eigenvalue weighted by Gasteiger charge is -1.89. The Kier molecular flexibility index (Phi) is 3.18. The van der Waals surface area contributed by atoms with Gasteiger partial charge in [-0.1, -0.05) is 22.0 Å². The third kappa shape index (κ3) is 2.38. The molecule has 0 spiro atoms. The van der Waals surface area contributed by atoms with E-state index in [1.165, 1.54) is 0 Å². The number of hydrogen-bond donors (Lipinski definition) is 1. The molecular weight excluding hydrogens is 238 g/mol. The summed E-state index contributed by atoms with van der Waals surface area (Å²) in [6.45, 7) is 1.68. The standard InChI is InChI=1S/C7H8BrN3O2/c1-5-9-6(3-2-4-8)7(10-5)11(12)13/h2-3H,4H2,1H3,(H,9,10). The topological polar surface area (TPSA) is 71.8 Å². The fraction of sp³-hybridized carbons (Fsp3) is 0.286. The first-order valence-corrected chi connectivity index (χ1v) is 4.70. The minimum Gasteiger partial charge on any atom is -0.358 e. The normalized spacial score (nSPS) is 10.9. The van der Waals surface area contributed by atoms with Gasteiger partial charge >= 0.3 is 5.82 Å². The van der Waals surface area contributed by atoms with Gasteiger partial charge in [-0.2, -0.15) is 0 Å². The van der Waals surface area contributed by atoms with Gasteiger partial charge in [-0.25, -0.2) is 9.97 Å². The zero-order valence-corrected chi connectivity index (χ0v) is 8.54. The smallest absolute Gasteiger partial charge is 0.348 e. The van der Waals surface area contributed by atoms with Crippen molar-refractivity contribution in [2.75, 3.05) is 5.33 Å². The lowest BCUT2D eigenvalue weighted by atomic mass is 10.4. The maximum Gasteiger partial charge on any atom is 0.348 e. The molecule has 1 heterocycles. The van der Waals surface area contributed by atoms with E-state index in [1.54, 1.807) is 19.1 Å². The van der Waals surface area contributed by atoms with Crippen molar-refractivity contribution >= 4 is 27.8 Å². The third-order valence-electron chi connectivity index (χ3n) is 1.38. The van der Waals surface area contributed by atoms with E-state index in [2.05, 4.69) is 25.9 Å². The summed E-state index contributed by atoms with van der Waals surface area (Å²) in [7, 11) is 0. The third-order valence-corrected chi connectivity index (χ3v) is 1.75. The molecule has 1 aromatic heterocycles. The van der Waals surface area contributed by atoms with Crippen LogP contribution in [0.1, 0.15) is 11.5 Å². The van der Waals surface area contributed by atoms with Gasteiger partial charge in [-0.05, 0) is 11.0 Å². The van der Waals surface area contributed by atoms with Crippen LogP contribution >= 0.6 is 15.9 Å². The highest BCUT2D eigenvalue weighted by Gasteiger charge is 2.14. The molecule has 0 atom stereocenters. The number of nitrogens with one attached hydrogen (secondary N) is 1. The number of alkyl halides is 1. The van der Waals surface area contributed by atoms with Crippen LogP contribution in [-0.4, -0.2) is 20.2 Å².